The third-order valence-corrected chi connectivity index (χ3v) is 6.39. The van der Waals surface area contributed by atoms with Crippen molar-refractivity contribution in [3.8, 4) is 0 Å². The van der Waals surface area contributed by atoms with E-state index in [1.807, 2.05) is 11.8 Å². The number of aryl methyl sites for hydroxylation is 1. The number of carbonyl (C=O) groups excluding carboxylic acids is 1. The molecule has 7 nitrogen and oxygen atoms in total. The van der Waals surface area contributed by atoms with Crippen LogP contribution in [0.2, 0.25) is 0 Å². The van der Waals surface area contributed by atoms with Gasteiger partial charge in [-0.25, -0.2) is 0 Å². The lowest BCUT2D eigenvalue weighted by atomic mass is 9.86. The number of likely N-dealkylation sites (tertiary alicyclic amines) is 1. The highest BCUT2D eigenvalue weighted by Crippen LogP contribution is 2.28. The number of hydrogen-bond donors (Lipinski definition) is 2. The Morgan fingerprint density at radius 2 is 2.00 bits per heavy atom. The number of likely N-dealkylation sites (N-methyl/N-ethyl adjacent to an activating group) is 1. The lowest BCUT2D eigenvalue weighted by molar-refractivity contribution is 0.0215. The number of amides is 1. The molecule has 0 saturated carbocycles. The van der Waals surface area contributed by atoms with Crippen LogP contribution < -0.4 is 0 Å². The van der Waals surface area contributed by atoms with Crippen LogP contribution in [-0.2, 0) is 6.42 Å². The lowest BCUT2D eigenvalue weighted by Gasteiger charge is -2.46. The van der Waals surface area contributed by atoms with Gasteiger partial charge in [-0.05, 0) is 45.6 Å². The molecule has 3 heterocycles. The molecule has 7 heteroatoms. The van der Waals surface area contributed by atoms with E-state index in [4.69, 9.17) is 0 Å². The number of nitrogens with one attached hydrogen (secondary N) is 1. The summed E-state index contributed by atoms with van der Waals surface area (Å²) in [6.07, 6.45) is 3.64. The summed E-state index contributed by atoms with van der Waals surface area (Å²) in [7, 11) is 2.18. The minimum Gasteiger partial charge on any atom is -0.396 e. The molecule has 1 aromatic heterocycles. The Bertz CT molecular complexity index is 624. The fraction of sp³-hybridized carbons (Fsp3) is 0.800. The average molecular weight is 378 g/mol. The maximum Gasteiger partial charge on any atom is 0.274 e. The Hall–Kier alpha value is -1.44. The topological polar surface area (TPSA) is 75.7 Å². The van der Waals surface area contributed by atoms with E-state index >= 15 is 0 Å². The molecule has 0 unspecified atom stereocenters. The van der Waals surface area contributed by atoms with E-state index in [2.05, 4.69) is 34.0 Å². The Labute approximate surface area is 162 Å². The Kier molecular flexibility index (Phi) is 6.89. The average Bonchev–Trinajstić information content (AvgIpc) is 3.06. The number of H-pyrrole nitrogens is 1. The first kappa shape index (κ1) is 20.3. The predicted molar refractivity (Wildman–Crippen MR) is 106 cm³/mol. The maximum atomic E-state index is 13.1. The van der Waals surface area contributed by atoms with Crippen LogP contribution in [0.5, 0.6) is 0 Å². The van der Waals surface area contributed by atoms with Crippen molar-refractivity contribution >= 4 is 5.91 Å². The van der Waals surface area contributed by atoms with Gasteiger partial charge in [0.05, 0.1) is 0 Å². The second-order valence-electron chi connectivity index (χ2n) is 8.10. The summed E-state index contributed by atoms with van der Waals surface area (Å²) in [5, 5.41) is 16.6. The van der Waals surface area contributed by atoms with Crippen LogP contribution in [-0.4, -0.2) is 94.9 Å². The van der Waals surface area contributed by atoms with Crippen LogP contribution in [0.3, 0.4) is 0 Å². The summed E-state index contributed by atoms with van der Waals surface area (Å²) >= 11 is 0. The summed E-state index contributed by atoms with van der Waals surface area (Å²) in [6.45, 7) is 10.3. The number of aromatic nitrogens is 2. The van der Waals surface area contributed by atoms with Crippen molar-refractivity contribution in [3.05, 3.63) is 17.0 Å². The highest BCUT2D eigenvalue weighted by atomic mass is 16.3. The lowest BCUT2D eigenvalue weighted by Crippen LogP contribution is -2.57. The van der Waals surface area contributed by atoms with Gasteiger partial charge in [0, 0.05) is 63.2 Å². The van der Waals surface area contributed by atoms with Gasteiger partial charge in [0.1, 0.15) is 0 Å². The third-order valence-electron chi connectivity index (χ3n) is 6.39. The Morgan fingerprint density at radius 1 is 1.26 bits per heavy atom. The fourth-order valence-corrected chi connectivity index (χ4v) is 4.61. The molecule has 27 heavy (non-hydrogen) atoms. The summed E-state index contributed by atoms with van der Waals surface area (Å²) in [5.41, 5.74) is 2.60. The second kappa shape index (κ2) is 9.17. The first-order valence-electron chi connectivity index (χ1n) is 10.4. The van der Waals surface area contributed by atoms with E-state index in [1.165, 1.54) is 0 Å². The predicted octanol–water partition coefficient (Wildman–Crippen LogP) is 1.13. The highest BCUT2D eigenvalue weighted by molar-refractivity contribution is 5.94. The monoisotopic (exact) mass is 377 g/mol. The van der Waals surface area contributed by atoms with E-state index in [1.54, 1.807) is 0 Å². The Morgan fingerprint density at radius 3 is 2.63 bits per heavy atom. The van der Waals surface area contributed by atoms with Gasteiger partial charge in [0.25, 0.3) is 5.91 Å². The van der Waals surface area contributed by atoms with Crippen molar-refractivity contribution in [2.45, 2.75) is 45.6 Å². The zero-order valence-electron chi connectivity index (χ0n) is 17.1. The summed E-state index contributed by atoms with van der Waals surface area (Å²) < 4.78 is 0. The van der Waals surface area contributed by atoms with E-state index in [9.17, 15) is 9.90 Å². The van der Waals surface area contributed by atoms with Gasteiger partial charge in [0.15, 0.2) is 5.69 Å². The van der Waals surface area contributed by atoms with Crippen LogP contribution in [0.1, 0.15) is 47.9 Å². The molecule has 1 aromatic rings. The molecule has 2 saturated heterocycles. The van der Waals surface area contributed by atoms with E-state index < -0.39 is 0 Å². The molecule has 0 radical (unpaired) electrons. The van der Waals surface area contributed by atoms with Gasteiger partial charge < -0.3 is 14.9 Å². The maximum absolute atomic E-state index is 13.1. The van der Waals surface area contributed by atoms with Gasteiger partial charge in [0.2, 0.25) is 0 Å². The number of nitrogens with zero attached hydrogens (tertiary/aromatic N) is 4. The Balaban J connectivity index is 1.69. The molecule has 0 spiro atoms. The van der Waals surface area contributed by atoms with E-state index in [-0.39, 0.29) is 12.5 Å². The van der Waals surface area contributed by atoms with Gasteiger partial charge in [-0.3, -0.25) is 14.8 Å². The molecule has 2 N–H and O–H groups in total. The number of aliphatic hydroxyl groups excluding tert-OH is 1. The third kappa shape index (κ3) is 4.52. The molecule has 2 aliphatic rings. The first-order chi connectivity index (χ1) is 13.0. The molecule has 152 valence electrons. The van der Waals surface area contributed by atoms with Crippen molar-refractivity contribution in [2.75, 3.05) is 52.9 Å². The van der Waals surface area contributed by atoms with Crippen molar-refractivity contribution in [3.63, 3.8) is 0 Å². The molecule has 2 fully saturated rings. The minimum absolute atomic E-state index is 0.0503. The van der Waals surface area contributed by atoms with Crippen LogP contribution in [0.15, 0.2) is 0 Å². The largest absolute Gasteiger partial charge is 0.396 e. The highest BCUT2D eigenvalue weighted by Gasteiger charge is 2.36. The van der Waals surface area contributed by atoms with Crippen LogP contribution >= 0.6 is 0 Å². The smallest absolute Gasteiger partial charge is 0.274 e. The molecule has 0 bridgehead atoms. The van der Waals surface area contributed by atoms with Crippen molar-refractivity contribution in [2.24, 2.45) is 5.92 Å². The number of aromatic amines is 1. The van der Waals surface area contributed by atoms with Crippen molar-refractivity contribution in [1.82, 2.24) is 24.9 Å². The number of aliphatic hydroxyl groups is 1. The van der Waals surface area contributed by atoms with Gasteiger partial charge >= 0.3 is 0 Å². The van der Waals surface area contributed by atoms with Gasteiger partial charge in [-0.2, -0.15) is 5.10 Å². The molecule has 3 rings (SSSR count). The zero-order valence-corrected chi connectivity index (χ0v) is 17.1. The van der Waals surface area contributed by atoms with Crippen molar-refractivity contribution < 1.29 is 9.90 Å². The van der Waals surface area contributed by atoms with Crippen molar-refractivity contribution in [1.29, 1.82) is 0 Å². The molecule has 0 aliphatic carbocycles. The SMILES string of the molecule is CCc1[nH]nc(C(=O)N2CC[C@@H](N3CCN(C)CC3)[C@@H](CCCO)C2)c1C. The number of hydrogen-bond acceptors (Lipinski definition) is 5. The normalized spacial score (nSPS) is 25.1. The number of piperidine rings is 1. The van der Waals surface area contributed by atoms with Crippen LogP contribution in [0, 0.1) is 12.8 Å². The minimum atomic E-state index is 0.0503. The molecular formula is C20H35N5O2. The summed E-state index contributed by atoms with van der Waals surface area (Å²) in [6, 6.07) is 0.515. The van der Waals surface area contributed by atoms with Gasteiger partial charge in [-0.15, -0.1) is 0 Å². The first-order valence-corrected chi connectivity index (χ1v) is 10.4. The van der Waals surface area contributed by atoms with Gasteiger partial charge in [-0.1, -0.05) is 6.92 Å². The summed E-state index contributed by atoms with van der Waals surface area (Å²) in [5.74, 6) is 0.470. The zero-order chi connectivity index (χ0) is 19.4. The quantitative estimate of drug-likeness (QED) is 0.777. The second-order valence-corrected chi connectivity index (χ2v) is 8.10. The number of rotatable bonds is 6. The fourth-order valence-electron chi connectivity index (χ4n) is 4.61. The molecule has 2 aliphatic heterocycles. The standard InChI is InChI=1S/C20H35N5O2/c1-4-17-15(2)19(22-21-17)20(27)25-8-7-18(16(14-25)6-5-13-26)24-11-9-23(3)10-12-24/h16,18,26H,4-14H2,1-3H3,(H,21,22)/t16-,18+/m0/s1. The number of carbonyl (C=O) groups is 1. The summed E-state index contributed by atoms with van der Waals surface area (Å²) in [4.78, 5) is 20.0. The van der Waals surface area contributed by atoms with Crippen LogP contribution in [0.4, 0.5) is 0 Å². The number of piperazine rings is 1. The van der Waals surface area contributed by atoms with E-state index in [0.29, 0.717) is 17.7 Å². The van der Waals surface area contributed by atoms with E-state index in [0.717, 1.165) is 76.2 Å². The molecule has 1 amide bonds. The molecule has 2 atom stereocenters. The van der Waals surface area contributed by atoms with Crippen LogP contribution in [0.25, 0.3) is 0 Å². The molecular weight excluding hydrogens is 342 g/mol. The molecule has 0 aromatic carbocycles.